The lowest BCUT2D eigenvalue weighted by atomic mass is 10.1. The van der Waals surface area contributed by atoms with Crippen LogP contribution in [0.4, 0.5) is 10.5 Å². The number of hydrogen-bond donors (Lipinski definition) is 2. The highest BCUT2D eigenvalue weighted by Gasteiger charge is 2.22. The Bertz CT molecular complexity index is 588. The number of anilines is 1. The topological polar surface area (TPSA) is 85.9 Å². The number of nitrogens with one attached hydrogen (secondary N) is 2. The Labute approximate surface area is 135 Å². The third kappa shape index (κ3) is 4.51. The predicted molar refractivity (Wildman–Crippen MR) is 85.1 cm³/mol. The summed E-state index contributed by atoms with van der Waals surface area (Å²) in [5.41, 5.74) is 1.74. The Morgan fingerprint density at radius 1 is 1.30 bits per heavy atom. The SMILES string of the molecule is CCOC(=O)NC(=O)CNc1cc2c(cc1OCC)CC(C)O2. The molecule has 23 heavy (non-hydrogen) atoms. The second-order valence-corrected chi connectivity index (χ2v) is 5.14. The maximum Gasteiger partial charge on any atom is 0.413 e. The van der Waals surface area contributed by atoms with Crippen LogP contribution in [0.1, 0.15) is 26.3 Å². The van der Waals surface area contributed by atoms with Crippen molar-refractivity contribution < 1.29 is 23.8 Å². The third-order valence-electron chi connectivity index (χ3n) is 3.25. The van der Waals surface area contributed by atoms with Crippen LogP contribution < -0.4 is 20.1 Å². The summed E-state index contributed by atoms with van der Waals surface area (Å²) in [6, 6.07) is 3.75. The van der Waals surface area contributed by atoms with E-state index >= 15 is 0 Å². The molecule has 0 saturated carbocycles. The van der Waals surface area contributed by atoms with E-state index in [0.717, 1.165) is 17.7 Å². The van der Waals surface area contributed by atoms with E-state index in [1.54, 1.807) is 6.92 Å². The molecule has 2 N–H and O–H groups in total. The van der Waals surface area contributed by atoms with Gasteiger partial charge in [-0.15, -0.1) is 0 Å². The second-order valence-electron chi connectivity index (χ2n) is 5.14. The van der Waals surface area contributed by atoms with Crippen molar-refractivity contribution in [2.75, 3.05) is 25.1 Å². The van der Waals surface area contributed by atoms with Gasteiger partial charge in [0.25, 0.3) is 0 Å². The molecule has 0 aliphatic carbocycles. The van der Waals surface area contributed by atoms with Crippen LogP contribution in [0.5, 0.6) is 11.5 Å². The number of amides is 2. The fourth-order valence-corrected chi connectivity index (χ4v) is 2.35. The molecule has 1 aromatic rings. The van der Waals surface area contributed by atoms with E-state index in [2.05, 4.69) is 15.4 Å². The number of rotatable bonds is 6. The number of benzene rings is 1. The lowest BCUT2D eigenvalue weighted by Gasteiger charge is -2.14. The van der Waals surface area contributed by atoms with Gasteiger partial charge in [-0.3, -0.25) is 10.1 Å². The third-order valence-corrected chi connectivity index (χ3v) is 3.25. The van der Waals surface area contributed by atoms with Gasteiger partial charge in [-0.1, -0.05) is 0 Å². The number of carbonyl (C=O) groups is 2. The number of carbonyl (C=O) groups excluding carboxylic acids is 2. The van der Waals surface area contributed by atoms with Crippen LogP contribution in [0.3, 0.4) is 0 Å². The van der Waals surface area contributed by atoms with Crippen LogP contribution in [-0.2, 0) is 16.0 Å². The summed E-state index contributed by atoms with van der Waals surface area (Å²) in [6.45, 7) is 6.21. The minimum atomic E-state index is -0.754. The molecule has 1 aromatic carbocycles. The van der Waals surface area contributed by atoms with E-state index in [9.17, 15) is 9.59 Å². The maximum atomic E-state index is 11.7. The number of ether oxygens (including phenoxy) is 3. The molecular weight excluding hydrogens is 300 g/mol. The fraction of sp³-hybridized carbons (Fsp3) is 0.500. The zero-order valence-corrected chi connectivity index (χ0v) is 13.6. The Balaban J connectivity index is 2.02. The normalized spacial score (nSPS) is 15.3. The highest BCUT2D eigenvalue weighted by molar-refractivity contribution is 5.94. The Kier molecular flexibility index (Phi) is 5.67. The van der Waals surface area contributed by atoms with Gasteiger partial charge in [0.1, 0.15) is 17.6 Å². The molecule has 0 bridgehead atoms. The van der Waals surface area contributed by atoms with Crippen LogP contribution in [0.15, 0.2) is 12.1 Å². The first kappa shape index (κ1) is 16.9. The summed E-state index contributed by atoms with van der Waals surface area (Å²) < 4.78 is 16.0. The number of imide groups is 1. The number of alkyl carbamates (subject to hydrolysis) is 1. The van der Waals surface area contributed by atoms with Crippen molar-refractivity contribution in [3.05, 3.63) is 17.7 Å². The molecular formula is C16H22N2O5. The Morgan fingerprint density at radius 3 is 2.78 bits per heavy atom. The Hall–Kier alpha value is -2.44. The largest absolute Gasteiger partial charge is 0.492 e. The van der Waals surface area contributed by atoms with Gasteiger partial charge in [-0.2, -0.15) is 0 Å². The zero-order valence-electron chi connectivity index (χ0n) is 13.6. The van der Waals surface area contributed by atoms with E-state index in [1.165, 1.54) is 0 Å². The minimum absolute atomic E-state index is 0.0762. The van der Waals surface area contributed by atoms with Crippen molar-refractivity contribution in [3.8, 4) is 11.5 Å². The molecule has 7 nitrogen and oxygen atoms in total. The van der Waals surface area contributed by atoms with E-state index < -0.39 is 12.0 Å². The van der Waals surface area contributed by atoms with Crippen molar-refractivity contribution in [1.82, 2.24) is 5.32 Å². The lowest BCUT2D eigenvalue weighted by Crippen LogP contribution is -2.35. The van der Waals surface area contributed by atoms with Gasteiger partial charge in [0.2, 0.25) is 5.91 Å². The molecule has 0 spiro atoms. The monoisotopic (exact) mass is 322 g/mol. The first-order valence-electron chi connectivity index (χ1n) is 7.70. The van der Waals surface area contributed by atoms with E-state index in [-0.39, 0.29) is 19.3 Å². The smallest absolute Gasteiger partial charge is 0.413 e. The van der Waals surface area contributed by atoms with Gasteiger partial charge in [0.05, 0.1) is 25.4 Å². The van der Waals surface area contributed by atoms with Crippen LogP contribution in [0.25, 0.3) is 0 Å². The summed E-state index contributed by atoms with van der Waals surface area (Å²) in [6.07, 6.45) is 0.205. The maximum absolute atomic E-state index is 11.7. The molecule has 2 amide bonds. The summed E-state index contributed by atoms with van der Waals surface area (Å²) in [5, 5.41) is 5.09. The fourth-order valence-electron chi connectivity index (χ4n) is 2.35. The van der Waals surface area contributed by atoms with Crippen molar-refractivity contribution >= 4 is 17.7 Å². The van der Waals surface area contributed by atoms with Crippen molar-refractivity contribution in [2.45, 2.75) is 33.3 Å². The van der Waals surface area contributed by atoms with Gasteiger partial charge in [-0.05, 0) is 26.8 Å². The molecule has 0 radical (unpaired) electrons. The molecule has 1 aliphatic rings. The highest BCUT2D eigenvalue weighted by atomic mass is 16.5. The number of fused-ring (bicyclic) bond motifs is 1. The van der Waals surface area contributed by atoms with E-state index in [0.29, 0.717) is 18.0 Å². The quantitative estimate of drug-likeness (QED) is 0.834. The zero-order chi connectivity index (χ0) is 16.8. The van der Waals surface area contributed by atoms with Crippen LogP contribution in [0, 0.1) is 0 Å². The molecule has 126 valence electrons. The van der Waals surface area contributed by atoms with E-state index in [4.69, 9.17) is 9.47 Å². The van der Waals surface area contributed by atoms with Crippen LogP contribution in [0.2, 0.25) is 0 Å². The summed E-state index contributed by atoms with van der Waals surface area (Å²) in [4.78, 5) is 22.9. The van der Waals surface area contributed by atoms with Gasteiger partial charge < -0.3 is 19.5 Å². The van der Waals surface area contributed by atoms with Crippen molar-refractivity contribution in [1.29, 1.82) is 0 Å². The van der Waals surface area contributed by atoms with Crippen molar-refractivity contribution in [2.24, 2.45) is 0 Å². The van der Waals surface area contributed by atoms with Gasteiger partial charge in [0.15, 0.2) is 0 Å². The Morgan fingerprint density at radius 2 is 2.09 bits per heavy atom. The molecule has 1 atom stereocenters. The van der Waals surface area contributed by atoms with Crippen LogP contribution in [-0.4, -0.2) is 37.9 Å². The van der Waals surface area contributed by atoms with Gasteiger partial charge >= 0.3 is 6.09 Å². The van der Waals surface area contributed by atoms with E-state index in [1.807, 2.05) is 26.0 Å². The first-order chi connectivity index (χ1) is 11.0. The summed E-state index contributed by atoms with van der Waals surface area (Å²) >= 11 is 0. The highest BCUT2D eigenvalue weighted by Crippen LogP contribution is 2.37. The van der Waals surface area contributed by atoms with Gasteiger partial charge in [-0.25, -0.2) is 4.79 Å². The first-order valence-corrected chi connectivity index (χ1v) is 7.70. The molecule has 2 rings (SSSR count). The molecule has 0 aromatic heterocycles. The second kappa shape index (κ2) is 7.71. The molecule has 0 fully saturated rings. The molecule has 7 heteroatoms. The number of hydrogen-bond acceptors (Lipinski definition) is 6. The molecule has 0 saturated heterocycles. The summed E-state index contributed by atoms with van der Waals surface area (Å²) in [7, 11) is 0. The summed E-state index contributed by atoms with van der Waals surface area (Å²) in [5.74, 6) is 0.961. The molecule has 1 unspecified atom stereocenters. The standard InChI is InChI=1S/C16H22N2O5/c1-4-21-14-7-11-6-10(3)23-13(11)8-12(14)17-9-15(19)18-16(20)22-5-2/h7-8,10,17H,4-6,9H2,1-3H3,(H,18,19,20). The predicted octanol–water partition coefficient (Wildman–Crippen LogP) is 2.09. The molecule has 1 aliphatic heterocycles. The molecule has 1 heterocycles. The van der Waals surface area contributed by atoms with Crippen molar-refractivity contribution in [3.63, 3.8) is 0 Å². The average Bonchev–Trinajstić information content (AvgIpc) is 2.84. The minimum Gasteiger partial charge on any atom is -0.492 e. The van der Waals surface area contributed by atoms with Gasteiger partial charge in [0, 0.05) is 18.1 Å². The lowest BCUT2D eigenvalue weighted by molar-refractivity contribution is -0.118. The van der Waals surface area contributed by atoms with Crippen LogP contribution >= 0.6 is 0 Å². The average molecular weight is 322 g/mol.